The van der Waals surface area contributed by atoms with Crippen LogP contribution in [-0.2, 0) is 4.79 Å². The van der Waals surface area contributed by atoms with Crippen molar-refractivity contribution in [2.24, 2.45) is 0 Å². The number of benzene rings is 1. The molecular formula is C11H11F2NO2. The minimum atomic E-state index is -0.704. The summed E-state index contributed by atoms with van der Waals surface area (Å²) < 4.78 is 30.5. The van der Waals surface area contributed by atoms with Crippen LogP contribution >= 0.6 is 0 Å². The van der Waals surface area contributed by atoms with Crippen molar-refractivity contribution in [3.05, 3.63) is 42.5 Å². The van der Waals surface area contributed by atoms with Crippen LogP contribution < -0.4 is 10.1 Å². The maximum atomic E-state index is 12.7. The van der Waals surface area contributed by atoms with E-state index >= 15 is 0 Å². The van der Waals surface area contributed by atoms with E-state index in [1.54, 1.807) is 0 Å². The molecule has 1 aromatic rings. The Bertz CT molecular complexity index is 373. The Morgan fingerprint density at radius 1 is 1.38 bits per heavy atom. The van der Waals surface area contributed by atoms with E-state index in [4.69, 9.17) is 4.74 Å². The second kappa shape index (κ2) is 5.85. The molecule has 0 bridgehead atoms. The molecule has 1 aromatic carbocycles. The molecule has 1 N–H and O–H groups in total. The molecule has 1 rings (SSSR count). The highest BCUT2D eigenvalue weighted by atomic mass is 19.1. The topological polar surface area (TPSA) is 38.3 Å². The number of hydrogen-bond acceptors (Lipinski definition) is 2. The molecule has 0 spiro atoms. The lowest BCUT2D eigenvalue weighted by atomic mass is 10.3. The van der Waals surface area contributed by atoms with E-state index in [1.807, 2.05) is 0 Å². The van der Waals surface area contributed by atoms with Crippen LogP contribution in [0.3, 0.4) is 0 Å². The highest BCUT2D eigenvalue weighted by Gasteiger charge is 2.01. The molecule has 3 nitrogen and oxygen atoms in total. The van der Waals surface area contributed by atoms with Gasteiger partial charge in [0, 0.05) is 18.2 Å². The fraction of sp³-hybridized carbons (Fsp3) is 0.182. The van der Waals surface area contributed by atoms with Gasteiger partial charge in [0.15, 0.2) is 0 Å². The Morgan fingerprint density at radius 2 is 2.00 bits per heavy atom. The highest BCUT2D eigenvalue weighted by molar-refractivity contribution is 5.86. The molecule has 0 aliphatic carbocycles. The van der Waals surface area contributed by atoms with Gasteiger partial charge in [0.25, 0.3) is 0 Å². The summed E-state index contributed by atoms with van der Waals surface area (Å²) in [5.41, 5.74) is 0. The first-order valence-corrected chi connectivity index (χ1v) is 4.61. The number of halogens is 2. The fourth-order valence-corrected chi connectivity index (χ4v) is 1.03. The van der Waals surface area contributed by atoms with Crippen molar-refractivity contribution in [2.75, 3.05) is 13.2 Å². The first-order chi connectivity index (χ1) is 7.61. The molecule has 5 heteroatoms. The largest absolute Gasteiger partial charge is 0.492 e. The van der Waals surface area contributed by atoms with E-state index in [2.05, 4.69) is 11.9 Å². The molecular weight excluding hydrogens is 216 g/mol. The first kappa shape index (κ1) is 12.2. The summed E-state index contributed by atoms with van der Waals surface area (Å²) in [5, 5.41) is 2.46. The maximum absolute atomic E-state index is 12.7. The number of hydrogen-bond donors (Lipinski definition) is 1. The molecule has 0 fully saturated rings. The van der Waals surface area contributed by atoms with Crippen LogP contribution in [0.25, 0.3) is 0 Å². The fourth-order valence-electron chi connectivity index (χ4n) is 1.03. The number of amides is 1. The van der Waals surface area contributed by atoms with Gasteiger partial charge in [-0.05, 0) is 6.08 Å². The van der Waals surface area contributed by atoms with Crippen molar-refractivity contribution in [3.63, 3.8) is 0 Å². The maximum Gasteiger partial charge on any atom is 0.243 e. The van der Waals surface area contributed by atoms with E-state index in [9.17, 15) is 13.6 Å². The molecule has 0 heterocycles. The van der Waals surface area contributed by atoms with Gasteiger partial charge >= 0.3 is 0 Å². The molecule has 0 saturated carbocycles. The second-order valence-corrected chi connectivity index (χ2v) is 2.95. The van der Waals surface area contributed by atoms with Gasteiger partial charge in [-0.15, -0.1) is 0 Å². The van der Waals surface area contributed by atoms with Crippen molar-refractivity contribution in [3.8, 4) is 5.75 Å². The van der Waals surface area contributed by atoms with E-state index < -0.39 is 11.6 Å². The lowest BCUT2D eigenvalue weighted by Gasteiger charge is -2.06. The predicted octanol–water partition coefficient (Wildman–Crippen LogP) is 1.65. The van der Waals surface area contributed by atoms with Crippen LogP contribution in [0, 0.1) is 11.6 Å². The number of rotatable bonds is 5. The molecule has 16 heavy (non-hydrogen) atoms. The molecule has 0 aromatic heterocycles. The Hall–Kier alpha value is -1.91. The van der Waals surface area contributed by atoms with Crippen LogP contribution in [0.1, 0.15) is 0 Å². The Balaban J connectivity index is 2.37. The lowest BCUT2D eigenvalue weighted by Crippen LogP contribution is -2.26. The van der Waals surface area contributed by atoms with Crippen molar-refractivity contribution >= 4 is 5.91 Å². The van der Waals surface area contributed by atoms with Gasteiger partial charge in [-0.25, -0.2) is 8.78 Å². The minimum absolute atomic E-state index is 0.0883. The number of carbonyl (C=O) groups is 1. The summed E-state index contributed by atoms with van der Waals surface area (Å²) in [6.07, 6.45) is 1.13. The molecule has 86 valence electrons. The van der Waals surface area contributed by atoms with E-state index in [1.165, 1.54) is 0 Å². The zero-order chi connectivity index (χ0) is 12.0. The number of carbonyl (C=O) groups excluding carboxylic acids is 1. The van der Waals surface area contributed by atoms with Crippen molar-refractivity contribution in [2.45, 2.75) is 0 Å². The lowest BCUT2D eigenvalue weighted by molar-refractivity contribution is -0.116. The molecule has 0 aliphatic heterocycles. The molecule has 0 atom stereocenters. The third-order valence-electron chi connectivity index (χ3n) is 1.69. The molecule has 0 aliphatic rings. The Labute approximate surface area is 91.7 Å². The van der Waals surface area contributed by atoms with Crippen LogP contribution in [0.4, 0.5) is 8.78 Å². The zero-order valence-electron chi connectivity index (χ0n) is 8.50. The number of ether oxygens (including phenoxy) is 1. The first-order valence-electron chi connectivity index (χ1n) is 4.61. The van der Waals surface area contributed by atoms with Crippen molar-refractivity contribution in [1.29, 1.82) is 0 Å². The van der Waals surface area contributed by atoms with Gasteiger partial charge in [-0.1, -0.05) is 6.58 Å². The SMILES string of the molecule is C=CC(=O)NCCOc1cc(F)cc(F)c1. The average molecular weight is 227 g/mol. The van der Waals surface area contributed by atoms with E-state index in [-0.39, 0.29) is 24.8 Å². The summed E-state index contributed by atoms with van der Waals surface area (Å²) in [5.74, 6) is -1.64. The summed E-state index contributed by atoms with van der Waals surface area (Å²) in [7, 11) is 0. The van der Waals surface area contributed by atoms with Crippen molar-refractivity contribution < 1.29 is 18.3 Å². The van der Waals surface area contributed by atoms with Crippen LogP contribution in [0.2, 0.25) is 0 Å². The molecule has 0 unspecified atom stereocenters. The summed E-state index contributed by atoms with van der Waals surface area (Å²) in [6.45, 7) is 3.64. The van der Waals surface area contributed by atoms with E-state index in [0.29, 0.717) is 0 Å². The van der Waals surface area contributed by atoms with Crippen molar-refractivity contribution in [1.82, 2.24) is 5.32 Å². The molecule has 0 radical (unpaired) electrons. The predicted molar refractivity (Wildman–Crippen MR) is 55.1 cm³/mol. The second-order valence-electron chi connectivity index (χ2n) is 2.95. The quantitative estimate of drug-likeness (QED) is 0.613. The van der Waals surface area contributed by atoms with Gasteiger partial charge in [0.05, 0.1) is 6.54 Å². The summed E-state index contributed by atoms with van der Waals surface area (Å²) in [4.78, 5) is 10.7. The van der Waals surface area contributed by atoms with Gasteiger partial charge in [0.1, 0.15) is 24.0 Å². The smallest absolute Gasteiger partial charge is 0.243 e. The zero-order valence-corrected chi connectivity index (χ0v) is 8.50. The Morgan fingerprint density at radius 3 is 2.56 bits per heavy atom. The van der Waals surface area contributed by atoms with Crippen LogP contribution in [0.15, 0.2) is 30.9 Å². The van der Waals surface area contributed by atoms with E-state index in [0.717, 1.165) is 24.3 Å². The van der Waals surface area contributed by atoms with Crippen LogP contribution in [0.5, 0.6) is 5.75 Å². The Kier molecular flexibility index (Phi) is 4.44. The third kappa shape index (κ3) is 4.08. The minimum Gasteiger partial charge on any atom is -0.492 e. The monoisotopic (exact) mass is 227 g/mol. The number of nitrogens with one attached hydrogen (secondary N) is 1. The highest BCUT2D eigenvalue weighted by Crippen LogP contribution is 2.14. The molecule has 0 saturated heterocycles. The van der Waals surface area contributed by atoms with Gasteiger partial charge < -0.3 is 10.1 Å². The summed E-state index contributed by atoms with van der Waals surface area (Å²) in [6, 6.07) is 2.89. The summed E-state index contributed by atoms with van der Waals surface area (Å²) >= 11 is 0. The van der Waals surface area contributed by atoms with Gasteiger partial charge in [-0.2, -0.15) is 0 Å². The third-order valence-corrected chi connectivity index (χ3v) is 1.69. The van der Waals surface area contributed by atoms with Gasteiger partial charge in [-0.3, -0.25) is 4.79 Å². The molecule has 1 amide bonds. The normalized spacial score (nSPS) is 9.62. The standard InChI is InChI=1S/C11H11F2NO2/c1-2-11(15)14-3-4-16-10-6-8(12)5-9(13)7-10/h2,5-7H,1,3-4H2,(H,14,15). The van der Waals surface area contributed by atoms with Gasteiger partial charge in [0.2, 0.25) is 5.91 Å². The average Bonchev–Trinajstić information content (AvgIpc) is 2.22. The van der Waals surface area contributed by atoms with Crippen LogP contribution in [-0.4, -0.2) is 19.1 Å².